The van der Waals surface area contributed by atoms with Crippen molar-refractivity contribution in [3.63, 3.8) is 0 Å². The molecule has 1 rings (SSSR count). The number of hydrogen-bond acceptors (Lipinski definition) is 3. The summed E-state index contributed by atoms with van der Waals surface area (Å²) >= 11 is 5.71. The largest absolute Gasteiger partial charge is 0.384 e. The Balaban J connectivity index is 2.41. The van der Waals surface area contributed by atoms with Gasteiger partial charge in [-0.25, -0.2) is 8.42 Å². The molecule has 3 nitrogen and oxygen atoms in total. The van der Waals surface area contributed by atoms with Crippen LogP contribution in [0, 0.1) is 3.57 Å². The Kier molecular flexibility index (Phi) is 6.22. The lowest BCUT2D eigenvalue weighted by Gasteiger charge is -2.08. The fourth-order valence-electron chi connectivity index (χ4n) is 1.29. The lowest BCUT2D eigenvalue weighted by molar-refractivity contribution is 0.595. The van der Waals surface area contributed by atoms with E-state index < -0.39 is 9.84 Å². The Morgan fingerprint density at radius 1 is 1.41 bits per heavy atom. The van der Waals surface area contributed by atoms with E-state index in [1.54, 1.807) is 6.92 Å². The first-order valence-electron chi connectivity index (χ1n) is 5.34. The molecule has 0 fully saturated rings. The minimum absolute atomic E-state index is 0.222. The highest BCUT2D eigenvalue weighted by Crippen LogP contribution is 2.24. The van der Waals surface area contributed by atoms with E-state index in [9.17, 15) is 8.42 Å². The predicted octanol–water partition coefficient (Wildman–Crippen LogP) is 3.29. The monoisotopic (exact) mass is 431 g/mol. The van der Waals surface area contributed by atoms with Crippen molar-refractivity contribution >= 4 is 54.0 Å². The minimum atomic E-state index is -2.84. The molecule has 0 heterocycles. The average molecular weight is 432 g/mol. The molecule has 0 aromatic heterocycles. The molecule has 6 heteroatoms. The summed E-state index contributed by atoms with van der Waals surface area (Å²) in [6.07, 6.45) is 0.634. The van der Waals surface area contributed by atoms with Crippen molar-refractivity contribution in [2.24, 2.45) is 0 Å². The third-order valence-electron chi connectivity index (χ3n) is 2.32. The Hall–Kier alpha value is 0.180. The summed E-state index contributed by atoms with van der Waals surface area (Å²) < 4.78 is 24.7. The van der Waals surface area contributed by atoms with Crippen molar-refractivity contribution in [2.75, 3.05) is 23.4 Å². The van der Waals surface area contributed by atoms with Gasteiger partial charge in [-0.3, -0.25) is 0 Å². The summed E-state index contributed by atoms with van der Waals surface area (Å²) in [6, 6.07) is 6.02. The van der Waals surface area contributed by atoms with E-state index >= 15 is 0 Å². The van der Waals surface area contributed by atoms with Crippen molar-refractivity contribution in [1.29, 1.82) is 0 Å². The maximum atomic E-state index is 11.3. The van der Waals surface area contributed by atoms with Gasteiger partial charge in [-0.05, 0) is 63.1 Å². The number of halogens is 2. The van der Waals surface area contributed by atoms with Crippen LogP contribution in [0.25, 0.3) is 0 Å². The summed E-state index contributed by atoms with van der Waals surface area (Å²) in [7, 11) is -2.84. The molecule has 0 saturated carbocycles. The summed E-state index contributed by atoms with van der Waals surface area (Å²) in [5, 5.41) is 3.22. The third-order valence-corrected chi connectivity index (χ3v) is 5.44. The first-order valence-corrected chi connectivity index (χ1v) is 9.03. The van der Waals surface area contributed by atoms with Gasteiger partial charge in [-0.1, -0.05) is 6.92 Å². The number of sulfone groups is 1. The zero-order chi connectivity index (χ0) is 12.9. The van der Waals surface area contributed by atoms with Crippen LogP contribution in [-0.4, -0.2) is 26.5 Å². The topological polar surface area (TPSA) is 46.2 Å². The molecule has 0 aliphatic rings. The first kappa shape index (κ1) is 15.2. The molecule has 0 unspecified atom stereocenters. The van der Waals surface area contributed by atoms with Crippen LogP contribution < -0.4 is 5.32 Å². The van der Waals surface area contributed by atoms with Gasteiger partial charge in [0.2, 0.25) is 0 Å². The van der Waals surface area contributed by atoms with Gasteiger partial charge in [0.15, 0.2) is 0 Å². The first-order chi connectivity index (χ1) is 7.94. The minimum Gasteiger partial charge on any atom is -0.384 e. The number of rotatable bonds is 6. The number of benzene rings is 1. The van der Waals surface area contributed by atoms with Gasteiger partial charge in [0.05, 0.1) is 5.75 Å². The van der Waals surface area contributed by atoms with Crippen LogP contribution in [0.2, 0.25) is 0 Å². The second-order valence-corrected chi connectivity index (χ2v) is 8.21. The van der Waals surface area contributed by atoms with Crippen LogP contribution in [0.15, 0.2) is 22.7 Å². The average Bonchev–Trinajstić information content (AvgIpc) is 2.27. The highest BCUT2D eigenvalue weighted by atomic mass is 127. The second-order valence-electron chi connectivity index (χ2n) is 3.64. The summed E-state index contributed by atoms with van der Waals surface area (Å²) in [5.41, 5.74) is 0.999. The van der Waals surface area contributed by atoms with E-state index in [0.717, 1.165) is 13.7 Å². The van der Waals surface area contributed by atoms with E-state index in [1.807, 2.05) is 18.2 Å². The summed E-state index contributed by atoms with van der Waals surface area (Å²) in [6.45, 7) is 2.34. The lowest BCUT2D eigenvalue weighted by atomic mass is 10.3. The lowest BCUT2D eigenvalue weighted by Crippen LogP contribution is -2.13. The highest BCUT2D eigenvalue weighted by Gasteiger charge is 2.06. The molecule has 0 amide bonds. The molecule has 0 bridgehead atoms. The fraction of sp³-hybridized carbons (Fsp3) is 0.455. The zero-order valence-electron chi connectivity index (χ0n) is 9.54. The maximum absolute atomic E-state index is 11.3. The van der Waals surface area contributed by atoms with Crippen LogP contribution >= 0.6 is 38.5 Å². The van der Waals surface area contributed by atoms with Gasteiger partial charge < -0.3 is 5.32 Å². The van der Waals surface area contributed by atoms with E-state index in [1.165, 1.54) is 0 Å². The summed E-state index contributed by atoms with van der Waals surface area (Å²) in [5.74, 6) is 0.471. The van der Waals surface area contributed by atoms with Crippen LogP contribution in [0.4, 0.5) is 5.69 Å². The molecular formula is C11H15BrINO2S. The van der Waals surface area contributed by atoms with E-state index in [2.05, 4.69) is 43.8 Å². The van der Waals surface area contributed by atoms with Crippen LogP contribution in [0.5, 0.6) is 0 Å². The molecule has 0 radical (unpaired) electrons. The molecule has 0 saturated heterocycles. The maximum Gasteiger partial charge on any atom is 0.150 e. The number of hydrogen-bond donors (Lipinski definition) is 1. The quantitative estimate of drug-likeness (QED) is 0.555. The zero-order valence-corrected chi connectivity index (χ0v) is 14.1. The predicted molar refractivity (Wildman–Crippen MR) is 84.3 cm³/mol. The van der Waals surface area contributed by atoms with Gasteiger partial charge in [0.1, 0.15) is 9.84 Å². The molecule has 0 spiro atoms. The van der Waals surface area contributed by atoms with Gasteiger partial charge in [0.25, 0.3) is 0 Å². The van der Waals surface area contributed by atoms with E-state index in [-0.39, 0.29) is 11.5 Å². The van der Waals surface area contributed by atoms with Crippen molar-refractivity contribution in [3.05, 3.63) is 26.2 Å². The molecule has 17 heavy (non-hydrogen) atoms. The number of anilines is 1. The molecule has 0 aliphatic heterocycles. The molecule has 1 aromatic carbocycles. The molecule has 0 atom stereocenters. The van der Waals surface area contributed by atoms with Crippen LogP contribution in [0.1, 0.15) is 13.3 Å². The van der Waals surface area contributed by atoms with Crippen molar-refractivity contribution in [1.82, 2.24) is 0 Å². The summed E-state index contributed by atoms with van der Waals surface area (Å²) in [4.78, 5) is 0. The Morgan fingerprint density at radius 3 is 2.71 bits per heavy atom. The van der Waals surface area contributed by atoms with E-state index in [0.29, 0.717) is 13.0 Å². The van der Waals surface area contributed by atoms with Gasteiger partial charge in [-0.2, -0.15) is 0 Å². The SMILES string of the molecule is CCS(=O)(=O)CCCNc1ccc(I)cc1Br. The molecule has 1 aromatic rings. The molecule has 0 aliphatic carbocycles. The molecule has 96 valence electrons. The van der Waals surface area contributed by atoms with Crippen LogP contribution in [0.3, 0.4) is 0 Å². The number of nitrogens with one attached hydrogen (secondary N) is 1. The Morgan fingerprint density at radius 2 is 2.12 bits per heavy atom. The van der Waals surface area contributed by atoms with Crippen LogP contribution in [-0.2, 0) is 9.84 Å². The van der Waals surface area contributed by atoms with Gasteiger partial charge >= 0.3 is 0 Å². The molecule has 1 N–H and O–H groups in total. The second kappa shape index (κ2) is 6.94. The van der Waals surface area contributed by atoms with Gasteiger partial charge in [-0.15, -0.1) is 0 Å². The smallest absolute Gasteiger partial charge is 0.150 e. The van der Waals surface area contributed by atoms with E-state index in [4.69, 9.17) is 0 Å². The van der Waals surface area contributed by atoms with Crippen molar-refractivity contribution in [2.45, 2.75) is 13.3 Å². The fourth-order valence-corrected chi connectivity index (χ4v) is 3.60. The molecular weight excluding hydrogens is 417 g/mol. The standard InChI is InChI=1S/C11H15BrINO2S/c1-2-17(15,16)7-3-6-14-11-5-4-9(13)8-10(11)12/h4-5,8,14H,2-3,6-7H2,1H3. The Labute approximate surface area is 125 Å². The van der Waals surface area contributed by atoms with Gasteiger partial charge in [0, 0.05) is 26.0 Å². The highest BCUT2D eigenvalue weighted by molar-refractivity contribution is 14.1. The van der Waals surface area contributed by atoms with Crippen molar-refractivity contribution in [3.8, 4) is 0 Å². The Bertz CT molecular complexity index is 476. The third kappa shape index (κ3) is 5.56. The van der Waals surface area contributed by atoms with Crippen molar-refractivity contribution < 1.29 is 8.42 Å². The normalized spacial score (nSPS) is 11.5.